The summed E-state index contributed by atoms with van der Waals surface area (Å²) in [4.78, 5) is 21.7. The molecule has 0 spiro atoms. The number of benzene rings is 2. The van der Waals surface area contributed by atoms with E-state index in [-0.39, 0.29) is 5.91 Å². The minimum Gasteiger partial charge on any atom is -0.465 e. The second-order valence-corrected chi connectivity index (χ2v) is 9.53. The molecule has 3 aromatic heterocycles. The number of carbonyl (C=O) groups is 1. The van der Waals surface area contributed by atoms with Gasteiger partial charge >= 0.3 is 0 Å². The molecule has 3 heterocycles. The number of furan rings is 1. The lowest BCUT2D eigenvalue weighted by molar-refractivity contribution is 0.0948. The van der Waals surface area contributed by atoms with Crippen LogP contribution in [0.15, 0.2) is 88.7 Å². The van der Waals surface area contributed by atoms with Gasteiger partial charge in [-0.15, -0.1) is 0 Å². The van der Waals surface area contributed by atoms with Gasteiger partial charge in [0.2, 0.25) is 0 Å². The van der Waals surface area contributed by atoms with Crippen LogP contribution >= 0.6 is 23.4 Å². The van der Waals surface area contributed by atoms with Crippen LogP contribution in [0.25, 0.3) is 11.0 Å². The van der Waals surface area contributed by atoms with E-state index in [0.717, 1.165) is 44.0 Å². The van der Waals surface area contributed by atoms with Gasteiger partial charge in [0, 0.05) is 22.5 Å². The number of fused-ring (bicyclic) bond motifs is 1. The molecular formula is C27H23ClN4O2S. The minimum absolute atomic E-state index is 0.137. The lowest BCUT2D eigenvalue weighted by atomic mass is 10.1. The van der Waals surface area contributed by atoms with Crippen molar-refractivity contribution in [1.29, 1.82) is 0 Å². The Labute approximate surface area is 212 Å². The van der Waals surface area contributed by atoms with Crippen molar-refractivity contribution in [3.05, 3.63) is 112 Å². The lowest BCUT2D eigenvalue weighted by Crippen LogP contribution is -2.22. The number of hydrogen-bond donors (Lipinski definition) is 1. The SMILES string of the molecule is Cc1ccc(CNC(=O)c2ccc(Cn3c(SCc4ccc(Cl)cc4)nc4ccncc43)cc2)o1. The molecule has 0 aliphatic rings. The molecule has 0 saturated carbocycles. The molecule has 0 aliphatic carbocycles. The summed E-state index contributed by atoms with van der Waals surface area (Å²) in [6.45, 7) is 2.86. The first-order valence-corrected chi connectivity index (χ1v) is 12.5. The van der Waals surface area contributed by atoms with Crippen LogP contribution in [0.2, 0.25) is 5.02 Å². The number of nitrogens with one attached hydrogen (secondary N) is 1. The molecule has 0 saturated heterocycles. The Morgan fingerprint density at radius 1 is 1.03 bits per heavy atom. The number of aryl methyl sites for hydroxylation is 1. The quantitative estimate of drug-likeness (QED) is 0.254. The molecule has 0 aliphatic heterocycles. The number of aromatic nitrogens is 3. The molecule has 5 rings (SSSR count). The molecule has 1 amide bonds. The topological polar surface area (TPSA) is 73.0 Å². The van der Waals surface area contributed by atoms with E-state index in [9.17, 15) is 4.79 Å². The van der Waals surface area contributed by atoms with Gasteiger partial charge in [0.15, 0.2) is 5.16 Å². The summed E-state index contributed by atoms with van der Waals surface area (Å²) in [6, 6.07) is 21.2. The Kier molecular flexibility index (Phi) is 6.88. The van der Waals surface area contributed by atoms with Gasteiger partial charge in [-0.3, -0.25) is 9.78 Å². The van der Waals surface area contributed by atoms with Crippen molar-refractivity contribution < 1.29 is 9.21 Å². The van der Waals surface area contributed by atoms with E-state index in [1.54, 1.807) is 18.0 Å². The molecule has 176 valence electrons. The van der Waals surface area contributed by atoms with Crippen LogP contribution in [0.1, 0.15) is 33.0 Å². The lowest BCUT2D eigenvalue weighted by Gasteiger charge is -2.10. The number of halogens is 1. The second kappa shape index (κ2) is 10.4. The predicted molar refractivity (Wildman–Crippen MR) is 139 cm³/mol. The summed E-state index contributed by atoms with van der Waals surface area (Å²) in [5, 5.41) is 4.54. The first kappa shape index (κ1) is 23.2. The normalized spacial score (nSPS) is 11.1. The zero-order valence-corrected chi connectivity index (χ0v) is 20.6. The second-order valence-electron chi connectivity index (χ2n) is 8.15. The maximum Gasteiger partial charge on any atom is 0.251 e. The fourth-order valence-corrected chi connectivity index (χ4v) is 4.83. The molecule has 0 unspecified atom stereocenters. The predicted octanol–water partition coefficient (Wildman–Crippen LogP) is 6.26. The molecule has 2 aromatic carbocycles. The Hall–Kier alpha value is -3.55. The highest BCUT2D eigenvalue weighted by Crippen LogP contribution is 2.28. The van der Waals surface area contributed by atoms with E-state index in [2.05, 4.69) is 14.9 Å². The third-order valence-corrected chi connectivity index (χ3v) is 6.87. The maximum absolute atomic E-state index is 12.5. The third-order valence-electron chi connectivity index (χ3n) is 5.57. The van der Waals surface area contributed by atoms with Gasteiger partial charge in [0.05, 0.1) is 30.3 Å². The summed E-state index contributed by atoms with van der Waals surface area (Å²) in [5.41, 5.74) is 4.73. The largest absolute Gasteiger partial charge is 0.465 e. The Morgan fingerprint density at radius 2 is 1.80 bits per heavy atom. The smallest absolute Gasteiger partial charge is 0.251 e. The van der Waals surface area contributed by atoms with Crippen LogP contribution < -0.4 is 5.32 Å². The monoisotopic (exact) mass is 502 g/mol. The number of nitrogens with zero attached hydrogens (tertiary/aromatic N) is 3. The number of pyridine rings is 1. The van der Waals surface area contributed by atoms with Crippen molar-refractivity contribution in [2.45, 2.75) is 30.9 Å². The van der Waals surface area contributed by atoms with E-state index < -0.39 is 0 Å². The van der Waals surface area contributed by atoms with Gasteiger partial charge in [0.1, 0.15) is 11.5 Å². The molecule has 0 fully saturated rings. The van der Waals surface area contributed by atoms with Crippen molar-refractivity contribution >= 4 is 40.3 Å². The van der Waals surface area contributed by atoms with E-state index in [1.807, 2.05) is 79.9 Å². The fraction of sp³-hybridized carbons (Fsp3) is 0.148. The van der Waals surface area contributed by atoms with Gasteiger partial charge in [-0.1, -0.05) is 47.6 Å². The van der Waals surface area contributed by atoms with Crippen LogP contribution in [0.3, 0.4) is 0 Å². The van der Waals surface area contributed by atoms with E-state index in [0.29, 0.717) is 18.7 Å². The Balaban J connectivity index is 1.30. The highest BCUT2D eigenvalue weighted by Gasteiger charge is 2.13. The number of thioether (sulfide) groups is 1. The summed E-state index contributed by atoms with van der Waals surface area (Å²) in [5.74, 6) is 2.20. The van der Waals surface area contributed by atoms with Gasteiger partial charge in [-0.2, -0.15) is 0 Å². The summed E-state index contributed by atoms with van der Waals surface area (Å²) < 4.78 is 7.67. The highest BCUT2D eigenvalue weighted by molar-refractivity contribution is 7.98. The van der Waals surface area contributed by atoms with E-state index in [4.69, 9.17) is 21.0 Å². The first-order chi connectivity index (χ1) is 17.0. The number of amides is 1. The highest BCUT2D eigenvalue weighted by atomic mass is 35.5. The van der Waals surface area contributed by atoms with Crippen LogP contribution in [0.4, 0.5) is 0 Å². The molecule has 8 heteroatoms. The Morgan fingerprint density at radius 3 is 2.54 bits per heavy atom. The minimum atomic E-state index is -0.137. The molecule has 0 atom stereocenters. The van der Waals surface area contributed by atoms with Crippen molar-refractivity contribution in [1.82, 2.24) is 19.9 Å². The number of hydrogen-bond acceptors (Lipinski definition) is 5. The third kappa shape index (κ3) is 5.58. The summed E-state index contributed by atoms with van der Waals surface area (Å²) in [6.07, 6.45) is 3.59. The van der Waals surface area contributed by atoms with Crippen molar-refractivity contribution in [3.63, 3.8) is 0 Å². The molecule has 0 bridgehead atoms. The average Bonchev–Trinajstić information content (AvgIpc) is 3.45. The van der Waals surface area contributed by atoms with Gasteiger partial charge in [-0.05, 0) is 60.5 Å². The fourth-order valence-electron chi connectivity index (χ4n) is 3.73. The number of imidazole rings is 1. The molecule has 1 N–H and O–H groups in total. The van der Waals surface area contributed by atoms with Gasteiger partial charge in [-0.25, -0.2) is 4.98 Å². The zero-order chi connectivity index (χ0) is 24.2. The van der Waals surface area contributed by atoms with E-state index in [1.165, 1.54) is 5.56 Å². The van der Waals surface area contributed by atoms with Crippen molar-refractivity contribution in [3.8, 4) is 0 Å². The van der Waals surface area contributed by atoms with E-state index >= 15 is 0 Å². The maximum atomic E-state index is 12.5. The average molecular weight is 503 g/mol. The van der Waals surface area contributed by atoms with Crippen molar-refractivity contribution in [2.24, 2.45) is 0 Å². The van der Waals surface area contributed by atoms with Crippen LogP contribution in [-0.2, 0) is 18.8 Å². The van der Waals surface area contributed by atoms with Crippen LogP contribution in [0, 0.1) is 6.92 Å². The molecular weight excluding hydrogens is 480 g/mol. The Bertz CT molecular complexity index is 1460. The van der Waals surface area contributed by atoms with Gasteiger partial charge < -0.3 is 14.3 Å². The molecule has 0 radical (unpaired) electrons. The summed E-state index contributed by atoms with van der Waals surface area (Å²) in [7, 11) is 0. The van der Waals surface area contributed by atoms with Crippen LogP contribution in [0.5, 0.6) is 0 Å². The van der Waals surface area contributed by atoms with Crippen LogP contribution in [-0.4, -0.2) is 20.4 Å². The molecule has 35 heavy (non-hydrogen) atoms. The molecule has 5 aromatic rings. The number of carbonyl (C=O) groups excluding carboxylic acids is 1. The first-order valence-electron chi connectivity index (χ1n) is 11.1. The number of rotatable bonds is 8. The zero-order valence-electron chi connectivity index (χ0n) is 19.1. The standard InChI is InChI=1S/C27H23ClN4O2S/c1-18-2-11-23(34-18)14-30-26(33)21-7-3-19(4-8-21)16-32-25-15-29-13-12-24(25)31-27(32)35-17-20-5-9-22(28)10-6-20/h2-13,15H,14,16-17H2,1H3,(H,30,33). The van der Waals surface area contributed by atoms with Gasteiger partial charge in [0.25, 0.3) is 5.91 Å². The molecule has 6 nitrogen and oxygen atoms in total. The van der Waals surface area contributed by atoms with Crippen molar-refractivity contribution in [2.75, 3.05) is 0 Å². The summed E-state index contributed by atoms with van der Waals surface area (Å²) >= 11 is 7.69.